The summed E-state index contributed by atoms with van der Waals surface area (Å²) in [6.07, 6.45) is 1.21. The topological polar surface area (TPSA) is 142 Å². The molecule has 0 unspecified atom stereocenters. The molecule has 1 fully saturated rings. The van der Waals surface area contributed by atoms with Gasteiger partial charge in [0.25, 0.3) is 0 Å². The van der Waals surface area contributed by atoms with Crippen LogP contribution in [0.2, 0.25) is 0 Å². The number of likely N-dealkylation sites (tertiary alicyclic amines) is 1. The van der Waals surface area contributed by atoms with E-state index in [-0.39, 0.29) is 18.4 Å². The number of carboxylic acid groups (broad SMARTS) is 1. The van der Waals surface area contributed by atoms with E-state index in [4.69, 9.17) is 10.8 Å². The highest BCUT2D eigenvalue weighted by Crippen LogP contribution is 2.18. The minimum absolute atomic E-state index is 0.170. The number of nitrogens with one attached hydrogen (secondary N) is 2. The maximum atomic E-state index is 12.4. The summed E-state index contributed by atoms with van der Waals surface area (Å²) in [7, 11) is 0. The van der Waals surface area contributed by atoms with E-state index in [1.54, 1.807) is 13.8 Å². The highest BCUT2D eigenvalue weighted by atomic mass is 16.4. The molecule has 1 heterocycles. The van der Waals surface area contributed by atoms with E-state index in [2.05, 4.69) is 10.6 Å². The van der Waals surface area contributed by atoms with E-state index >= 15 is 0 Å². The fourth-order valence-corrected chi connectivity index (χ4v) is 2.51. The Balaban J connectivity index is 2.72. The first kappa shape index (κ1) is 18.9. The summed E-state index contributed by atoms with van der Waals surface area (Å²) in [5.74, 6) is -2.69. The van der Waals surface area contributed by atoms with Gasteiger partial charge in [-0.05, 0) is 18.8 Å². The Morgan fingerprint density at radius 3 is 2.48 bits per heavy atom. The minimum Gasteiger partial charge on any atom is -0.480 e. The number of nitrogens with zero attached hydrogens (tertiary/aromatic N) is 1. The number of carbonyl (C=O) groups is 4. The molecule has 130 valence electrons. The van der Waals surface area contributed by atoms with E-state index in [9.17, 15) is 19.2 Å². The minimum atomic E-state index is -1.16. The average molecular weight is 328 g/mol. The Morgan fingerprint density at radius 1 is 1.30 bits per heavy atom. The third-order valence-corrected chi connectivity index (χ3v) is 3.71. The maximum Gasteiger partial charge on any atom is 0.322 e. The maximum absolute atomic E-state index is 12.4. The van der Waals surface area contributed by atoms with Crippen LogP contribution in [0.15, 0.2) is 0 Å². The number of hydrogen-bond donors (Lipinski definition) is 4. The van der Waals surface area contributed by atoms with E-state index in [1.165, 1.54) is 4.90 Å². The summed E-state index contributed by atoms with van der Waals surface area (Å²) in [6, 6.07) is -1.50. The van der Waals surface area contributed by atoms with Crippen LogP contribution >= 0.6 is 0 Å². The van der Waals surface area contributed by atoms with Crippen LogP contribution in [-0.4, -0.2) is 65.4 Å². The summed E-state index contributed by atoms with van der Waals surface area (Å²) in [4.78, 5) is 48.1. The van der Waals surface area contributed by atoms with Crippen molar-refractivity contribution < 1.29 is 24.3 Å². The second-order valence-electron chi connectivity index (χ2n) is 5.79. The molecule has 0 spiro atoms. The van der Waals surface area contributed by atoms with Gasteiger partial charge >= 0.3 is 5.97 Å². The van der Waals surface area contributed by atoms with Crippen molar-refractivity contribution in [3.63, 3.8) is 0 Å². The Bertz CT molecular complexity index is 480. The van der Waals surface area contributed by atoms with Crippen molar-refractivity contribution in [2.24, 2.45) is 11.7 Å². The van der Waals surface area contributed by atoms with Crippen molar-refractivity contribution in [2.45, 2.75) is 38.8 Å². The molecule has 0 bridgehead atoms. The Kier molecular flexibility index (Phi) is 6.95. The van der Waals surface area contributed by atoms with Crippen LogP contribution in [0.25, 0.3) is 0 Å². The fourth-order valence-electron chi connectivity index (χ4n) is 2.51. The summed E-state index contributed by atoms with van der Waals surface area (Å²) in [5, 5.41) is 13.5. The highest BCUT2D eigenvalue weighted by molar-refractivity contribution is 5.93. The summed E-state index contributed by atoms with van der Waals surface area (Å²) in [5.41, 5.74) is 5.34. The van der Waals surface area contributed by atoms with Crippen LogP contribution in [0.3, 0.4) is 0 Å². The van der Waals surface area contributed by atoms with Crippen molar-refractivity contribution in [2.75, 3.05) is 19.6 Å². The van der Waals surface area contributed by atoms with Crippen molar-refractivity contribution >= 4 is 23.7 Å². The van der Waals surface area contributed by atoms with Crippen LogP contribution in [0.4, 0.5) is 0 Å². The van der Waals surface area contributed by atoms with Crippen LogP contribution in [0.1, 0.15) is 26.7 Å². The monoisotopic (exact) mass is 328 g/mol. The molecule has 9 nitrogen and oxygen atoms in total. The van der Waals surface area contributed by atoms with Gasteiger partial charge in [-0.3, -0.25) is 19.2 Å². The lowest BCUT2D eigenvalue weighted by molar-refractivity contribution is -0.140. The molecule has 0 saturated carbocycles. The summed E-state index contributed by atoms with van der Waals surface area (Å²) in [6.45, 7) is 3.26. The van der Waals surface area contributed by atoms with Crippen LogP contribution in [0, 0.1) is 5.92 Å². The normalized spacial score (nSPS) is 18.6. The first-order chi connectivity index (χ1) is 10.8. The Hall–Kier alpha value is -2.16. The van der Waals surface area contributed by atoms with Crippen molar-refractivity contribution in [3.8, 4) is 0 Å². The van der Waals surface area contributed by atoms with Gasteiger partial charge in [-0.25, -0.2) is 0 Å². The standard InChI is InChI=1S/C14H24N4O5/c1-8(2)12(14(23)16-7-11(20)21)17-13(22)9-4-3-5-18(9)10(19)6-15/h8-9,12H,3-7,15H2,1-2H3,(H,16,23)(H,17,22)(H,20,21)/t9-,12-/m0/s1. The third-order valence-electron chi connectivity index (χ3n) is 3.71. The molecule has 9 heteroatoms. The molecule has 2 atom stereocenters. The second kappa shape index (κ2) is 8.47. The number of nitrogens with two attached hydrogens (primary N) is 1. The number of aliphatic carboxylic acids is 1. The summed E-state index contributed by atoms with van der Waals surface area (Å²) >= 11 is 0. The van der Waals surface area contributed by atoms with Gasteiger partial charge in [0.15, 0.2) is 0 Å². The highest BCUT2D eigenvalue weighted by Gasteiger charge is 2.35. The van der Waals surface area contributed by atoms with E-state index in [1.807, 2.05) is 0 Å². The molecular formula is C14H24N4O5. The molecule has 23 heavy (non-hydrogen) atoms. The average Bonchev–Trinajstić information content (AvgIpc) is 2.98. The lowest BCUT2D eigenvalue weighted by atomic mass is 10.0. The van der Waals surface area contributed by atoms with Crippen LogP contribution in [0.5, 0.6) is 0 Å². The largest absolute Gasteiger partial charge is 0.480 e. The third kappa shape index (κ3) is 5.20. The van der Waals surface area contributed by atoms with Gasteiger partial charge in [0, 0.05) is 6.54 Å². The molecule has 0 radical (unpaired) electrons. The molecule has 5 N–H and O–H groups in total. The van der Waals surface area contributed by atoms with E-state index < -0.39 is 36.4 Å². The molecule has 0 aromatic carbocycles. The second-order valence-corrected chi connectivity index (χ2v) is 5.79. The smallest absolute Gasteiger partial charge is 0.322 e. The van der Waals surface area contributed by atoms with Gasteiger partial charge in [0.2, 0.25) is 17.7 Å². The van der Waals surface area contributed by atoms with Crippen LogP contribution < -0.4 is 16.4 Å². The molecule has 0 aromatic heterocycles. The van der Waals surface area contributed by atoms with Gasteiger partial charge in [-0.1, -0.05) is 13.8 Å². The van der Waals surface area contributed by atoms with Crippen molar-refractivity contribution in [1.29, 1.82) is 0 Å². The quantitative estimate of drug-likeness (QED) is 0.438. The lowest BCUT2D eigenvalue weighted by Crippen LogP contribution is -2.55. The Morgan fingerprint density at radius 2 is 1.96 bits per heavy atom. The fraction of sp³-hybridized carbons (Fsp3) is 0.714. The van der Waals surface area contributed by atoms with E-state index in [0.717, 1.165) is 0 Å². The van der Waals surface area contributed by atoms with Gasteiger partial charge in [0.1, 0.15) is 18.6 Å². The Labute approximate surface area is 134 Å². The summed E-state index contributed by atoms with van der Waals surface area (Å²) < 4.78 is 0. The molecule has 0 aliphatic carbocycles. The molecule has 0 aromatic rings. The molecule has 3 amide bonds. The van der Waals surface area contributed by atoms with Crippen molar-refractivity contribution in [3.05, 3.63) is 0 Å². The number of carboxylic acids is 1. The van der Waals surface area contributed by atoms with Crippen molar-refractivity contribution in [1.82, 2.24) is 15.5 Å². The SMILES string of the molecule is CC(C)[C@H](NC(=O)[C@@H]1CCCN1C(=O)CN)C(=O)NCC(=O)O. The van der Waals surface area contributed by atoms with Gasteiger partial charge in [-0.2, -0.15) is 0 Å². The predicted octanol–water partition coefficient (Wildman–Crippen LogP) is -1.72. The number of hydrogen-bond acceptors (Lipinski definition) is 5. The zero-order valence-corrected chi connectivity index (χ0v) is 13.4. The molecule has 1 aliphatic heterocycles. The predicted molar refractivity (Wildman–Crippen MR) is 81.2 cm³/mol. The number of carbonyl (C=O) groups excluding carboxylic acids is 3. The molecule has 1 rings (SSSR count). The lowest BCUT2D eigenvalue weighted by Gasteiger charge is -2.27. The number of rotatable bonds is 7. The zero-order chi connectivity index (χ0) is 17.6. The van der Waals surface area contributed by atoms with Crippen LogP contribution in [-0.2, 0) is 19.2 Å². The number of amides is 3. The van der Waals surface area contributed by atoms with E-state index in [0.29, 0.717) is 19.4 Å². The molecule has 1 aliphatic rings. The van der Waals surface area contributed by atoms with Gasteiger partial charge in [0.05, 0.1) is 6.54 Å². The first-order valence-electron chi connectivity index (χ1n) is 7.57. The first-order valence-corrected chi connectivity index (χ1v) is 7.57. The molecular weight excluding hydrogens is 304 g/mol. The van der Waals surface area contributed by atoms with Gasteiger partial charge in [-0.15, -0.1) is 0 Å². The zero-order valence-electron chi connectivity index (χ0n) is 13.4. The van der Waals surface area contributed by atoms with Gasteiger partial charge < -0.3 is 26.4 Å². The molecule has 1 saturated heterocycles.